The number of hydrogen-bond acceptors (Lipinski definition) is 15. The first kappa shape index (κ1) is 39.8. The first-order valence-electron chi connectivity index (χ1n) is 20.4. The smallest absolute Gasteiger partial charge is 0.311 e. The topological polar surface area (TPSA) is 234 Å². The second-order valence-electron chi connectivity index (χ2n) is 18.8. The van der Waals surface area contributed by atoms with Gasteiger partial charge in [0.05, 0.1) is 36.9 Å². The number of carbonyl (C=O) groups excluding carboxylic acids is 1. The third-order valence-electron chi connectivity index (χ3n) is 16.2. The fraction of sp³-hybridized carbons (Fsp3) is 0.974. The zero-order valence-electron chi connectivity index (χ0n) is 31.9. The molecule has 4 saturated heterocycles. The Kier molecular flexibility index (Phi) is 10.3. The molecule has 0 aromatic heterocycles. The number of aliphatic hydroxyl groups is 8. The minimum Gasteiger partial charge on any atom is -0.430 e. The fourth-order valence-corrected chi connectivity index (χ4v) is 13.2. The lowest BCUT2D eigenvalue weighted by atomic mass is 9.44. The lowest BCUT2D eigenvalue weighted by molar-refractivity contribution is -0.371. The molecule has 8 rings (SSSR count). The van der Waals surface area contributed by atoms with Crippen LogP contribution in [0.15, 0.2) is 0 Å². The quantitative estimate of drug-likeness (QED) is 0.135. The molecule has 8 fully saturated rings. The molecule has 4 aliphatic heterocycles. The van der Waals surface area contributed by atoms with E-state index in [2.05, 4.69) is 13.8 Å². The Bertz CT molecular complexity index is 1400. The zero-order chi connectivity index (χ0) is 38.8. The maximum absolute atomic E-state index is 12.7. The van der Waals surface area contributed by atoms with Crippen LogP contribution >= 0.6 is 0 Å². The van der Waals surface area contributed by atoms with Gasteiger partial charge in [-0.15, -0.1) is 0 Å². The minimum atomic E-state index is -1.64. The van der Waals surface area contributed by atoms with E-state index in [0.717, 1.165) is 32.1 Å². The van der Waals surface area contributed by atoms with Crippen molar-refractivity contribution in [2.45, 2.75) is 178 Å². The summed E-state index contributed by atoms with van der Waals surface area (Å²) < 4.78 is 36.5. The number of ether oxygens (including phenoxy) is 6. The van der Waals surface area contributed by atoms with Crippen LogP contribution in [0.3, 0.4) is 0 Å². The standard InChI is InChI=1S/C39H62O15/c1-15-12-23(41)39(54-34(15)48)16(2)24-32(53-39)28(44)25-20-7-6-18-13-19(8-10-37(18,4)21(20)9-11-38(24,25)5)50-36-33(30(46)27(43)22(14-40)51-36)52-35-31(47)29(45)26(42)17(3)49-35/h15-33,35-36,40-47H,6-14H2,1-5H3/t15-,16-,17-,18+,19+,20+,21-,22+,23+,24-,25+,26+,27+,28-,29+,30-,31+,32+,33+,35+,36+,37-,38+,39+/m1/s1. The van der Waals surface area contributed by atoms with Crippen LogP contribution in [-0.4, -0.2) is 145 Å². The van der Waals surface area contributed by atoms with E-state index < -0.39 is 98.0 Å². The monoisotopic (exact) mass is 770 g/mol. The van der Waals surface area contributed by atoms with Crippen LogP contribution in [0.25, 0.3) is 0 Å². The van der Waals surface area contributed by atoms with Crippen molar-refractivity contribution in [3.8, 4) is 0 Å². The van der Waals surface area contributed by atoms with E-state index in [4.69, 9.17) is 28.4 Å². The Morgan fingerprint density at radius 3 is 2.19 bits per heavy atom. The molecule has 0 bridgehead atoms. The van der Waals surface area contributed by atoms with Gasteiger partial charge in [-0.2, -0.15) is 0 Å². The molecule has 54 heavy (non-hydrogen) atoms. The van der Waals surface area contributed by atoms with Gasteiger partial charge in [0, 0.05) is 11.8 Å². The highest BCUT2D eigenvalue weighted by atomic mass is 16.8. The van der Waals surface area contributed by atoms with Crippen molar-refractivity contribution in [1.29, 1.82) is 0 Å². The maximum Gasteiger partial charge on any atom is 0.311 e. The highest BCUT2D eigenvalue weighted by Gasteiger charge is 2.74. The van der Waals surface area contributed by atoms with Crippen molar-refractivity contribution in [3.05, 3.63) is 0 Å². The molecule has 15 nitrogen and oxygen atoms in total. The SMILES string of the molecule is C[C@@H]1C[C@H](O)[C@]2(OC1=O)O[C@@H]1[C@H](O)[C@@H]3[C@H]4CC[C@H]5C[C@@H](O[C@H]6O[C@@H](CO)[C@H](O)[C@@H](O)[C@@H]6O[C@@H]6O[C@H](C)[C@H](O)[C@H](O)[C@@H]6O)CC[C@@]5(C)[C@@H]4CC[C@@]3(C)[C@@H]1[C@H]2C. The van der Waals surface area contributed by atoms with Crippen molar-refractivity contribution in [2.24, 2.45) is 52.3 Å². The van der Waals surface area contributed by atoms with Crippen LogP contribution in [0.5, 0.6) is 0 Å². The average Bonchev–Trinajstić information content (AvgIpc) is 3.55. The minimum absolute atomic E-state index is 0.00439. The summed E-state index contributed by atoms with van der Waals surface area (Å²) in [4.78, 5) is 12.7. The molecular weight excluding hydrogens is 708 g/mol. The maximum atomic E-state index is 12.7. The molecule has 0 unspecified atom stereocenters. The van der Waals surface area contributed by atoms with E-state index in [1.165, 1.54) is 6.92 Å². The molecule has 4 heterocycles. The number of fused-ring (bicyclic) bond motifs is 7. The van der Waals surface area contributed by atoms with E-state index in [1.807, 2.05) is 6.92 Å². The largest absolute Gasteiger partial charge is 0.430 e. The van der Waals surface area contributed by atoms with Crippen LogP contribution in [0.4, 0.5) is 0 Å². The predicted octanol–water partition coefficient (Wildman–Crippen LogP) is -0.0620. The summed E-state index contributed by atoms with van der Waals surface area (Å²) in [5, 5.41) is 86.3. The van der Waals surface area contributed by atoms with Gasteiger partial charge in [-0.25, -0.2) is 0 Å². The van der Waals surface area contributed by atoms with Gasteiger partial charge in [-0.3, -0.25) is 4.79 Å². The average molecular weight is 771 g/mol. The van der Waals surface area contributed by atoms with Crippen LogP contribution < -0.4 is 0 Å². The van der Waals surface area contributed by atoms with Gasteiger partial charge in [0.15, 0.2) is 12.6 Å². The fourth-order valence-electron chi connectivity index (χ4n) is 13.2. The number of rotatable bonds is 5. The summed E-state index contributed by atoms with van der Waals surface area (Å²) in [6, 6.07) is 0. The second-order valence-corrected chi connectivity index (χ2v) is 18.8. The van der Waals surface area contributed by atoms with E-state index in [-0.39, 0.29) is 53.0 Å². The van der Waals surface area contributed by atoms with Crippen LogP contribution in [-0.2, 0) is 33.2 Å². The van der Waals surface area contributed by atoms with E-state index in [9.17, 15) is 45.6 Å². The Morgan fingerprint density at radius 1 is 0.741 bits per heavy atom. The molecule has 308 valence electrons. The van der Waals surface area contributed by atoms with Crippen LogP contribution in [0.1, 0.15) is 86.0 Å². The summed E-state index contributed by atoms with van der Waals surface area (Å²) >= 11 is 0. The van der Waals surface area contributed by atoms with Gasteiger partial charge in [-0.05, 0) is 92.8 Å². The Balaban J connectivity index is 0.963. The van der Waals surface area contributed by atoms with Gasteiger partial charge in [-0.1, -0.05) is 27.7 Å². The van der Waals surface area contributed by atoms with E-state index in [1.54, 1.807) is 6.92 Å². The van der Waals surface area contributed by atoms with Crippen LogP contribution in [0.2, 0.25) is 0 Å². The summed E-state index contributed by atoms with van der Waals surface area (Å²) in [5.74, 6) is -1.63. The van der Waals surface area contributed by atoms with E-state index in [0.29, 0.717) is 24.7 Å². The summed E-state index contributed by atoms with van der Waals surface area (Å²) in [6.07, 6.45) is -10.0. The molecule has 4 aliphatic carbocycles. The number of hydrogen-bond donors (Lipinski definition) is 8. The van der Waals surface area contributed by atoms with Gasteiger partial charge >= 0.3 is 5.97 Å². The first-order chi connectivity index (χ1) is 25.5. The van der Waals surface area contributed by atoms with E-state index >= 15 is 0 Å². The molecule has 0 aromatic carbocycles. The van der Waals surface area contributed by atoms with Gasteiger partial charge in [0.2, 0.25) is 5.79 Å². The van der Waals surface area contributed by atoms with Crippen molar-refractivity contribution in [2.75, 3.05) is 6.61 Å². The lowest BCUT2D eigenvalue weighted by Gasteiger charge is -2.61. The third kappa shape index (κ3) is 5.81. The number of aliphatic hydroxyl groups excluding tert-OH is 8. The molecule has 24 atom stereocenters. The predicted molar refractivity (Wildman–Crippen MR) is 184 cm³/mol. The Labute approximate surface area is 316 Å². The molecule has 8 N–H and O–H groups in total. The van der Waals surface area contributed by atoms with Crippen molar-refractivity contribution < 1.29 is 74.1 Å². The molecule has 0 radical (unpaired) electrons. The van der Waals surface area contributed by atoms with Crippen molar-refractivity contribution in [3.63, 3.8) is 0 Å². The molecule has 8 aliphatic rings. The van der Waals surface area contributed by atoms with Crippen molar-refractivity contribution >= 4 is 5.97 Å². The molecule has 0 amide bonds. The highest BCUT2D eigenvalue weighted by Crippen LogP contribution is 2.71. The molecule has 4 saturated carbocycles. The molecular formula is C39H62O15. The van der Waals surface area contributed by atoms with Gasteiger partial charge < -0.3 is 69.3 Å². The summed E-state index contributed by atoms with van der Waals surface area (Å²) in [7, 11) is 0. The molecule has 1 spiro atoms. The molecule has 0 aromatic rings. The number of esters is 1. The first-order valence-corrected chi connectivity index (χ1v) is 20.4. The normalized spacial score (nSPS) is 59.9. The number of carbonyl (C=O) groups is 1. The lowest BCUT2D eigenvalue weighted by Crippen LogP contribution is -2.64. The van der Waals surface area contributed by atoms with Crippen LogP contribution in [0, 0.1) is 52.3 Å². The Morgan fingerprint density at radius 2 is 1.46 bits per heavy atom. The zero-order valence-corrected chi connectivity index (χ0v) is 31.9. The highest BCUT2D eigenvalue weighted by molar-refractivity contribution is 5.73. The van der Waals surface area contributed by atoms with Crippen molar-refractivity contribution in [1.82, 2.24) is 0 Å². The Hall–Kier alpha value is -1.05. The third-order valence-corrected chi connectivity index (χ3v) is 16.2. The second kappa shape index (κ2) is 14.1. The molecule has 15 heteroatoms. The van der Waals surface area contributed by atoms with Gasteiger partial charge in [0.25, 0.3) is 0 Å². The van der Waals surface area contributed by atoms with Gasteiger partial charge in [0.1, 0.15) is 48.8 Å². The summed E-state index contributed by atoms with van der Waals surface area (Å²) in [5.41, 5.74) is -0.281. The summed E-state index contributed by atoms with van der Waals surface area (Å²) in [6.45, 7) is 9.34.